The van der Waals surface area contributed by atoms with E-state index in [1.807, 2.05) is 6.92 Å². The minimum atomic E-state index is -0.288. The fourth-order valence-corrected chi connectivity index (χ4v) is 1.44. The van der Waals surface area contributed by atoms with Crippen LogP contribution < -0.4 is 11.1 Å². The van der Waals surface area contributed by atoms with Crippen molar-refractivity contribution in [2.45, 2.75) is 19.9 Å². The molecule has 0 radical (unpaired) electrons. The maximum Gasteiger partial charge on any atom is 0.128 e. The number of thiocarbonyl (C=S) groups is 1. The number of nitrogens with two attached hydrogens (primary N) is 1. The van der Waals surface area contributed by atoms with E-state index in [-0.39, 0.29) is 5.82 Å². The van der Waals surface area contributed by atoms with Crippen molar-refractivity contribution < 1.29 is 9.13 Å². The van der Waals surface area contributed by atoms with Crippen LogP contribution in [0.25, 0.3) is 0 Å². The third-order valence-corrected chi connectivity index (χ3v) is 2.39. The largest absolute Gasteiger partial charge is 0.399 e. The summed E-state index contributed by atoms with van der Waals surface area (Å²) in [5, 5.41) is 2.94. The maximum atomic E-state index is 13.4. The summed E-state index contributed by atoms with van der Waals surface area (Å²) in [5.41, 5.74) is 6.62. The van der Waals surface area contributed by atoms with Crippen LogP contribution in [0.3, 0.4) is 0 Å². The van der Waals surface area contributed by atoms with E-state index in [0.29, 0.717) is 36.0 Å². The van der Waals surface area contributed by atoms with Crippen LogP contribution in [0.15, 0.2) is 18.2 Å². The Hall–Kier alpha value is -1.20. The van der Waals surface area contributed by atoms with Gasteiger partial charge in [0.15, 0.2) is 0 Å². The molecule has 0 atom stereocenters. The van der Waals surface area contributed by atoms with Crippen LogP contribution in [-0.2, 0) is 11.3 Å². The van der Waals surface area contributed by atoms with Gasteiger partial charge in [-0.3, -0.25) is 0 Å². The second-order valence-electron chi connectivity index (χ2n) is 3.68. The molecule has 0 amide bonds. The van der Waals surface area contributed by atoms with Crippen molar-refractivity contribution in [3.63, 3.8) is 0 Å². The summed E-state index contributed by atoms with van der Waals surface area (Å²) in [4.78, 5) is 0.570. The van der Waals surface area contributed by atoms with Gasteiger partial charge in [0, 0.05) is 24.4 Å². The Labute approximate surface area is 106 Å². The summed E-state index contributed by atoms with van der Waals surface area (Å²) < 4.78 is 18.6. The molecule has 17 heavy (non-hydrogen) atoms. The van der Waals surface area contributed by atoms with E-state index in [9.17, 15) is 4.39 Å². The van der Waals surface area contributed by atoms with Gasteiger partial charge in [-0.1, -0.05) is 19.1 Å². The standard InChI is InChI=1S/C12H17FN2OS/c1-2-5-16-8-12(17)15-7-9-6-10(14)3-4-11(9)13/h3-4,6H,2,5,7-8,14H2,1H3,(H,15,17). The summed E-state index contributed by atoms with van der Waals surface area (Å²) in [7, 11) is 0. The molecule has 0 saturated carbocycles. The molecule has 0 bridgehead atoms. The van der Waals surface area contributed by atoms with Gasteiger partial charge < -0.3 is 15.8 Å². The quantitative estimate of drug-likeness (QED) is 0.465. The Bertz CT molecular complexity index is 385. The van der Waals surface area contributed by atoms with Crippen molar-refractivity contribution in [3.05, 3.63) is 29.6 Å². The van der Waals surface area contributed by atoms with E-state index in [4.69, 9.17) is 22.7 Å². The Morgan fingerprint density at radius 1 is 1.53 bits per heavy atom. The average Bonchev–Trinajstić information content (AvgIpc) is 2.31. The molecule has 94 valence electrons. The molecule has 1 aromatic carbocycles. The summed E-state index contributed by atoms with van der Waals surface area (Å²) in [6.45, 7) is 3.39. The lowest BCUT2D eigenvalue weighted by atomic mass is 10.2. The Balaban J connectivity index is 2.39. The van der Waals surface area contributed by atoms with Crippen LogP contribution in [0.2, 0.25) is 0 Å². The zero-order valence-electron chi connectivity index (χ0n) is 9.83. The van der Waals surface area contributed by atoms with Crippen molar-refractivity contribution in [1.29, 1.82) is 0 Å². The highest BCUT2D eigenvalue weighted by atomic mass is 32.1. The predicted octanol–water partition coefficient (Wildman–Crippen LogP) is 2.25. The molecular formula is C12H17FN2OS. The Morgan fingerprint density at radius 3 is 3.00 bits per heavy atom. The first-order valence-electron chi connectivity index (χ1n) is 5.51. The van der Waals surface area contributed by atoms with Crippen LogP contribution in [-0.4, -0.2) is 18.2 Å². The predicted molar refractivity (Wildman–Crippen MR) is 71.4 cm³/mol. The first kappa shape index (κ1) is 13.9. The number of hydrogen-bond acceptors (Lipinski definition) is 3. The van der Waals surface area contributed by atoms with Crippen LogP contribution >= 0.6 is 12.2 Å². The van der Waals surface area contributed by atoms with Gasteiger partial charge >= 0.3 is 0 Å². The summed E-state index contributed by atoms with van der Waals surface area (Å²) in [6.07, 6.45) is 0.951. The van der Waals surface area contributed by atoms with Crippen molar-refractivity contribution in [2.24, 2.45) is 0 Å². The lowest BCUT2D eigenvalue weighted by Gasteiger charge is -2.09. The summed E-state index contributed by atoms with van der Waals surface area (Å²) >= 11 is 5.05. The molecule has 0 aromatic heterocycles. The van der Waals surface area contributed by atoms with Crippen molar-refractivity contribution in [1.82, 2.24) is 5.32 Å². The molecule has 0 fully saturated rings. The lowest BCUT2D eigenvalue weighted by Crippen LogP contribution is -2.26. The number of anilines is 1. The van der Waals surface area contributed by atoms with E-state index >= 15 is 0 Å². The molecule has 0 aliphatic carbocycles. The van der Waals surface area contributed by atoms with Crippen LogP contribution in [0.4, 0.5) is 10.1 Å². The third kappa shape index (κ3) is 5.10. The molecule has 1 aromatic rings. The fourth-order valence-electron chi connectivity index (χ4n) is 1.28. The minimum absolute atomic E-state index is 0.288. The second kappa shape index (κ2) is 7.19. The van der Waals surface area contributed by atoms with E-state index in [0.717, 1.165) is 6.42 Å². The molecule has 0 heterocycles. The zero-order valence-corrected chi connectivity index (χ0v) is 10.6. The molecule has 3 nitrogen and oxygen atoms in total. The summed E-state index contributed by atoms with van der Waals surface area (Å²) in [5.74, 6) is -0.288. The molecular weight excluding hydrogens is 239 g/mol. The number of nitrogen functional groups attached to an aromatic ring is 1. The lowest BCUT2D eigenvalue weighted by molar-refractivity contribution is 0.172. The van der Waals surface area contributed by atoms with Gasteiger partial charge in [0.1, 0.15) is 10.8 Å². The molecule has 0 aliphatic heterocycles. The molecule has 0 aliphatic rings. The van der Waals surface area contributed by atoms with Crippen molar-refractivity contribution in [2.75, 3.05) is 18.9 Å². The topological polar surface area (TPSA) is 47.3 Å². The van der Waals surface area contributed by atoms with E-state index < -0.39 is 0 Å². The molecule has 0 spiro atoms. The molecule has 0 unspecified atom stereocenters. The number of nitrogens with one attached hydrogen (secondary N) is 1. The smallest absolute Gasteiger partial charge is 0.128 e. The van der Waals surface area contributed by atoms with Gasteiger partial charge in [0.25, 0.3) is 0 Å². The number of rotatable bonds is 6. The van der Waals surface area contributed by atoms with E-state index in [1.54, 1.807) is 6.07 Å². The van der Waals surface area contributed by atoms with Gasteiger partial charge in [-0.15, -0.1) is 0 Å². The molecule has 0 saturated heterocycles. The molecule has 1 rings (SSSR count). The van der Waals surface area contributed by atoms with Gasteiger partial charge in [0.05, 0.1) is 6.61 Å². The third-order valence-electron chi connectivity index (χ3n) is 2.13. The van der Waals surface area contributed by atoms with E-state index in [2.05, 4.69) is 5.32 Å². The van der Waals surface area contributed by atoms with Crippen molar-refractivity contribution in [3.8, 4) is 0 Å². The Kier molecular flexibility index (Phi) is 5.86. The maximum absolute atomic E-state index is 13.4. The van der Waals surface area contributed by atoms with Crippen LogP contribution in [0.1, 0.15) is 18.9 Å². The Morgan fingerprint density at radius 2 is 2.29 bits per heavy atom. The highest BCUT2D eigenvalue weighted by Gasteiger charge is 2.03. The minimum Gasteiger partial charge on any atom is -0.399 e. The van der Waals surface area contributed by atoms with Gasteiger partial charge in [-0.2, -0.15) is 0 Å². The number of benzene rings is 1. The first-order valence-corrected chi connectivity index (χ1v) is 5.92. The number of ether oxygens (including phenoxy) is 1. The first-order chi connectivity index (χ1) is 8.13. The SMILES string of the molecule is CCCOCC(=S)NCc1cc(N)ccc1F. The molecule has 3 N–H and O–H groups in total. The number of hydrogen-bond donors (Lipinski definition) is 2. The zero-order chi connectivity index (χ0) is 12.7. The monoisotopic (exact) mass is 256 g/mol. The van der Waals surface area contributed by atoms with Gasteiger partial charge in [-0.25, -0.2) is 4.39 Å². The summed E-state index contributed by atoms with van der Waals surface area (Å²) in [6, 6.07) is 4.47. The van der Waals surface area contributed by atoms with Crippen LogP contribution in [0.5, 0.6) is 0 Å². The highest BCUT2D eigenvalue weighted by molar-refractivity contribution is 7.80. The molecule has 5 heteroatoms. The number of halogens is 1. The van der Waals surface area contributed by atoms with Crippen molar-refractivity contribution >= 4 is 22.9 Å². The van der Waals surface area contributed by atoms with Gasteiger partial charge in [0.2, 0.25) is 0 Å². The van der Waals surface area contributed by atoms with E-state index in [1.165, 1.54) is 12.1 Å². The van der Waals surface area contributed by atoms with Crippen LogP contribution in [0, 0.1) is 5.82 Å². The van der Waals surface area contributed by atoms with Gasteiger partial charge in [-0.05, 0) is 24.6 Å². The highest BCUT2D eigenvalue weighted by Crippen LogP contribution is 2.11. The fraction of sp³-hybridized carbons (Fsp3) is 0.417. The second-order valence-corrected chi connectivity index (χ2v) is 4.17. The normalized spacial score (nSPS) is 10.2. The average molecular weight is 256 g/mol.